The molecule has 8 heteroatoms. The van der Waals surface area contributed by atoms with Gasteiger partial charge in [0, 0.05) is 28.7 Å². The van der Waals surface area contributed by atoms with Crippen molar-refractivity contribution in [1.82, 2.24) is 10.2 Å². The summed E-state index contributed by atoms with van der Waals surface area (Å²) in [6.45, 7) is 8.86. The third kappa shape index (κ3) is 8.44. The number of rotatable bonds is 6. The van der Waals surface area contributed by atoms with Gasteiger partial charge in [0.05, 0.1) is 0 Å². The van der Waals surface area contributed by atoms with Gasteiger partial charge in [0.2, 0.25) is 11.8 Å². The molecular weight excluding hydrogens is 447 g/mol. The predicted molar refractivity (Wildman–Crippen MR) is 133 cm³/mol. The fourth-order valence-corrected chi connectivity index (χ4v) is 3.84. The highest BCUT2D eigenvalue weighted by Crippen LogP contribution is 2.23. The van der Waals surface area contributed by atoms with Crippen LogP contribution in [0.5, 0.6) is 0 Å². The van der Waals surface area contributed by atoms with Gasteiger partial charge >= 0.3 is 0 Å². The Kier molecular flexibility index (Phi) is 12.4. The Bertz CT molecular complexity index is 727. The minimum absolute atomic E-state index is 0. The van der Waals surface area contributed by atoms with E-state index in [1.54, 1.807) is 29.2 Å². The summed E-state index contributed by atoms with van der Waals surface area (Å²) in [7, 11) is 0. The van der Waals surface area contributed by atoms with Crippen molar-refractivity contribution in [3.8, 4) is 0 Å². The van der Waals surface area contributed by atoms with Crippen molar-refractivity contribution in [2.45, 2.75) is 52.6 Å². The smallest absolute Gasteiger partial charge is 0.247 e. The van der Waals surface area contributed by atoms with E-state index >= 15 is 0 Å². The van der Waals surface area contributed by atoms with Gasteiger partial charge in [-0.2, -0.15) is 27.0 Å². The first-order valence-corrected chi connectivity index (χ1v) is 10.2. The van der Waals surface area contributed by atoms with Crippen molar-refractivity contribution in [1.29, 1.82) is 0 Å². The minimum Gasteiger partial charge on any atom is -0.350 e. The molecule has 0 bridgehead atoms. The first-order chi connectivity index (χ1) is 12.7. The largest absolute Gasteiger partial charge is 0.350 e. The minimum atomic E-state index is -0.439. The van der Waals surface area contributed by atoms with Crippen LogP contribution < -0.4 is 5.32 Å². The van der Waals surface area contributed by atoms with Crippen LogP contribution in [0, 0.1) is 11.8 Å². The van der Waals surface area contributed by atoms with Crippen molar-refractivity contribution in [3.05, 3.63) is 39.9 Å². The first-order valence-electron chi connectivity index (χ1n) is 9.41. The Labute approximate surface area is 198 Å². The van der Waals surface area contributed by atoms with E-state index in [1.165, 1.54) is 6.08 Å². The predicted octanol–water partition coefficient (Wildman–Crippen LogP) is 5.02. The van der Waals surface area contributed by atoms with Crippen LogP contribution in [-0.2, 0) is 9.59 Å². The van der Waals surface area contributed by atoms with Crippen LogP contribution in [0.3, 0.4) is 0 Å². The molecule has 1 heterocycles. The van der Waals surface area contributed by atoms with Gasteiger partial charge in [0.25, 0.3) is 0 Å². The summed E-state index contributed by atoms with van der Waals surface area (Å²) in [6, 6.07) is 4.68. The monoisotopic (exact) mass is 478 g/mol. The highest BCUT2D eigenvalue weighted by atomic mass is 35.5. The maximum absolute atomic E-state index is 12.9. The SMILES string of the molecule is CC(C)C[C@H]1CN(C(=O)/C=C/c2ccc(Cl)cc2Cl)[C@@H](CC(C)C)C(=O)N1.S.S. The maximum atomic E-state index is 12.9. The van der Waals surface area contributed by atoms with Crippen LogP contribution >= 0.6 is 50.2 Å². The Morgan fingerprint density at radius 3 is 2.34 bits per heavy atom. The molecule has 0 unspecified atom stereocenters. The molecular formula is C21H32Cl2N2O2S2. The Hall–Kier alpha value is -0.820. The Balaban J connectivity index is 0.00000392. The summed E-state index contributed by atoms with van der Waals surface area (Å²) in [5, 5.41) is 4.12. The molecule has 1 N–H and O–H groups in total. The van der Waals surface area contributed by atoms with E-state index in [1.807, 2.05) is 0 Å². The molecule has 0 saturated carbocycles. The van der Waals surface area contributed by atoms with Crippen molar-refractivity contribution in [2.24, 2.45) is 11.8 Å². The van der Waals surface area contributed by atoms with Crippen LogP contribution in [-0.4, -0.2) is 35.3 Å². The summed E-state index contributed by atoms with van der Waals surface area (Å²) in [6.07, 6.45) is 4.66. The molecule has 2 amide bonds. The van der Waals surface area contributed by atoms with E-state index in [0.29, 0.717) is 34.8 Å². The van der Waals surface area contributed by atoms with E-state index in [0.717, 1.165) is 12.0 Å². The van der Waals surface area contributed by atoms with Crippen molar-refractivity contribution < 1.29 is 9.59 Å². The van der Waals surface area contributed by atoms with E-state index < -0.39 is 6.04 Å². The van der Waals surface area contributed by atoms with Gasteiger partial charge < -0.3 is 10.2 Å². The maximum Gasteiger partial charge on any atom is 0.247 e. The summed E-state index contributed by atoms with van der Waals surface area (Å²) < 4.78 is 0. The van der Waals surface area contributed by atoms with Crippen molar-refractivity contribution in [3.63, 3.8) is 0 Å². The summed E-state index contributed by atoms with van der Waals surface area (Å²) in [5.41, 5.74) is 0.718. The number of halogens is 2. The molecule has 4 nitrogen and oxygen atoms in total. The van der Waals surface area contributed by atoms with Crippen molar-refractivity contribution >= 4 is 68.1 Å². The zero-order valence-electron chi connectivity index (χ0n) is 17.3. The molecule has 0 spiro atoms. The molecule has 1 aromatic carbocycles. The molecule has 1 fully saturated rings. The standard InChI is InChI=1S/C21H28Cl2N2O2.2H2S/c1-13(2)9-17-12-25(19(10-14(3)4)21(27)24-17)20(26)8-6-15-5-7-16(22)11-18(15)23;;/h5-8,11,13-14,17,19H,9-10,12H2,1-4H3,(H,24,27);2*1H2/b8-6+;;/t17-,19-;;/m0../s1. The van der Waals surface area contributed by atoms with Gasteiger partial charge in [-0.25, -0.2) is 0 Å². The molecule has 164 valence electrons. The molecule has 1 aromatic rings. The molecule has 2 atom stereocenters. The molecule has 0 radical (unpaired) electrons. The van der Waals surface area contributed by atoms with Crippen molar-refractivity contribution in [2.75, 3.05) is 6.54 Å². The van der Waals surface area contributed by atoms with E-state index in [2.05, 4.69) is 33.0 Å². The average Bonchev–Trinajstić information content (AvgIpc) is 2.55. The topological polar surface area (TPSA) is 49.4 Å². The van der Waals surface area contributed by atoms with Gasteiger partial charge in [0.15, 0.2) is 0 Å². The summed E-state index contributed by atoms with van der Waals surface area (Å²) in [4.78, 5) is 27.2. The lowest BCUT2D eigenvalue weighted by atomic mass is 9.95. The number of carbonyl (C=O) groups is 2. The highest BCUT2D eigenvalue weighted by molar-refractivity contribution is 7.59. The van der Waals surface area contributed by atoms with Crippen LogP contribution in [0.4, 0.5) is 0 Å². The number of benzene rings is 1. The van der Waals surface area contributed by atoms with Gasteiger partial charge in [-0.15, -0.1) is 0 Å². The second-order valence-electron chi connectivity index (χ2n) is 7.97. The second-order valence-corrected chi connectivity index (χ2v) is 8.81. The van der Waals surface area contributed by atoms with Gasteiger partial charge in [0.1, 0.15) is 6.04 Å². The van der Waals surface area contributed by atoms with Gasteiger partial charge in [-0.3, -0.25) is 9.59 Å². The van der Waals surface area contributed by atoms with Crippen LogP contribution in [0.2, 0.25) is 10.0 Å². The van der Waals surface area contributed by atoms with E-state index in [4.69, 9.17) is 23.2 Å². The average molecular weight is 480 g/mol. The molecule has 1 aliphatic heterocycles. The number of amides is 2. The molecule has 1 saturated heterocycles. The number of nitrogens with one attached hydrogen (secondary N) is 1. The van der Waals surface area contributed by atoms with E-state index in [9.17, 15) is 9.59 Å². The lowest BCUT2D eigenvalue weighted by Crippen LogP contribution is -2.61. The molecule has 0 aromatic heterocycles. The highest BCUT2D eigenvalue weighted by Gasteiger charge is 2.36. The van der Waals surface area contributed by atoms with Crippen LogP contribution in [0.15, 0.2) is 24.3 Å². The number of carbonyl (C=O) groups excluding carboxylic acids is 2. The number of hydrogen-bond donors (Lipinski definition) is 1. The summed E-state index contributed by atoms with van der Waals surface area (Å²) in [5.74, 6) is 0.520. The molecule has 1 aliphatic rings. The molecule has 0 aliphatic carbocycles. The molecule has 29 heavy (non-hydrogen) atoms. The third-order valence-corrected chi connectivity index (χ3v) is 5.11. The summed E-state index contributed by atoms with van der Waals surface area (Å²) >= 11 is 12.1. The van der Waals surface area contributed by atoms with E-state index in [-0.39, 0.29) is 44.8 Å². The normalized spacial score (nSPS) is 19.2. The quantitative estimate of drug-likeness (QED) is 0.583. The number of hydrogen-bond acceptors (Lipinski definition) is 2. The fourth-order valence-electron chi connectivity index (χ4n) is 3.37. The Morgan fingerprint density at radius 2 is 1.79 bits per heavy atom. The second kappa shape index (κ2) is 12.8. The molecule has 2 rings (SSSR count). The fraction of sp³-hybridized carbons (Fsp3) is 0.524. The van der Waals surface area contributed by atoms with Crippen LogP contribution in [0.1, 0.15) is 46.1 Å². The zero-order valence-corrected chi connectivity index (χ0v) is 20.8. The zero-order chi connectivity index (χ0) is 20.1. The lowest BCUT2D eigenvalue weighted by molar-refractivity contribution is -0.142. The number of nitrogens with zero attached hydrogens (tertiary/aromatic N) is 1. The van der Waals surface area contributed by atoms with Gasteiger partial charge in [-0.05, 0) is 48.4 Å². The van der Waals surface area contributed by atoms with Crippen LogP contribution in [0.25, 0.3) is 6.08 Å². The first kappa shape index (κ1) is 28.2. The number of piperazine rings is 1. The third-order valence-electron chi connectivity index (χ3n) is 4.54. The lowest BCUT2D eigenvalue weighted by Gasteiger charge is -2.40. The van der Waals surface area contributed by atoms with Gasteiger partial charge in [-0.1, -0.05) is 57.0 Å². The Morgan fingerprint density at radius 1 is 1.17 bits per heavy atom.